The van der Waals surface area contributed by atoms with Crippen molar-refractivity contribution in [1.29, 1.82) is 0 Å². The number of thioether (sulfide) groups is 1. The van der Waals surface area contributed by atoms with Crippen LogP contribution >= 0.6 is 11.8 Å². The molecule has 1 aromatic heterocycles. The molecule has 6 heteroatoms. The van der Waals surface area contributed by atoms with Gasteiger partial charge < -0.3 is 5.11 Å². The summed E-state index contributed by atoms with van der Waals surface area (Å²) in [6, 6.07) is 0. The molecule has 0 aromatic carbocycles. The Hall–Kier alpha value is -1.04. The van der Waals surface area contributed by atoms with Gasteiger partial charge in [-0.1, -0.05) is 12.1 Å². The molecule has 1 atom stereocenters. The number of hydrogen-bond donors (Lipinski definition) is 1. The normalized spacial score (nSPS) is 12.7. The zero-order valence-electron chi connectivity index (χ0n) is 8.17. The van der Waals surface area contributed by atoms with Gasteiger partial charge in [-0.05, 0) is 0 Å². The number of aromatic nitrogens is 3. The Labute approximate surface area is 86.5 Å². The van der Waals surface area contributed by atoms with Gasteiger partial charge in [-0.15, -0.1) is 5.10 Å². The number of carboxylic acid groups (broad SMARTS) is 1. The number of carboxylic acids is 1. The van der Waals surface area contributed by atoms with Crippen LogP contribution in [0.4, 0.5) is 0 Å². The van der Waals surface area contributed by atoms with Crippen molar-refractivity contribution in [2.24, 2.45) is 13.0 Å². The van der Waals surface area contributed by atoms with Gasteiger partial charge in [-0.2, -0.15) is 11.8 Å². The molecule has 0 saturated heterocycles. The molecule has 0 amide bonds. The fraction of sp³-hybridized carbons (Fsp3) is 0.625. The highest BCUT2D eigenvalue weighted by Crippen LogP contribution is 2.13. The monoisotopic (exact) mass is 215 g/mol. The Kier molecular flexibility index (Phi) is 3.94. The summed E-state index contributed by atoms with van der Waals surface area (Å²) < 4.78 is 1.64. The molecule has 1 aromatic rings. The fourth-order valence-electron chi connectivity index (χ4n) is 0.873. The minimum atomic E-state index is -0.753. The molecule has 78 valence electrons. The summed E-state index contributed by atoms with van der Waals surface area (Å²) in [7, 11) is 1.81. The molecule has 5 nitrogen and oxygen atoms in total. The predicted molar refractivity (Wildman–Crippen MR) is 54.0 cm³/mol. The molecule has 0 fully saturated rings. The Bertz CT molecular complexity index is 313. The Morgan fingerprint density at radius 3 is 3.00 bits per heavy atom. The Balaban J connectivity index is 2.25. The first-order chi connectivity index (χ1) is 6.59. The zero-order chi connectivity index (χ0) is 10.6. The van der Waals surface area contributed by atoms with Gasteiger partial charge in [0.2, 0.25) is 0 Å². The highest BCUT2D eigenvalue weighted by atomic mass is 32.2. The average molecular weight is 215 g/mol. The number of aliphatic carboxylic acids is 1. The lowest BCUT2D eigenvalue weighted by molar-refractivity contribution is -0.140. The van der Waals surface area contributed by atoms with Gasteiger partial charge in [-0.25, -0.2) is 0 Å². The topological polar surface area (TPSA) is 68.0 Å². The summed E-state index contributed by atoms with van der Waals surface area (Å²) in [6.45, 7) is 1.70. The van der Waals surface area contributed by atoms with Gasteiger partial charge in [0, 0.05) is 24.8 Å². The third-order valence-electron chi connectivity index (χ3n) is 1.69. The molecule has 1 rings (SSSR count). The maximum absolute atomic E-state index is 10.5. The van der Waals surface area contributed by atoms with Crippen LogP contribution < -0.4 is 0 Å². The molecule has 0 aliphatic carbocycles. The minimum Gasteiger partial charge on any atom is -0.481 e. The van der Waals surface area contributed by atoms with E-state index in [2.05, 4.69) is 10.3 Å². The standard InChI is InChI=1S/C8H13N3O2S/c1-6(8(12)13)4-14-5-7-3-11(2)10-9-7/h3,6H,4-5H2,1-2H3,(H,12,13). The van der Waals surface area contributed by atoms with Gasteiger partial charge in [0.15, 0.2) is 0 Å². The lowest BCUT2D eigenvalue weighted by atomic mass is 10.2. The van der Waals surface area contributed by atoms with E-state index in [1.807, 2.05) is 6.20 Å². The third-order valence-corrected chi connectivity index (χ3v) is 2.93. The minimum absolute atomic E-state index is 0.309. The zero-order valence-corrected chi connectivity index (χ0v) is 8.99. The SMILES string of the molecule is CC(CSCc1cn(C)nn1)C(=O)O. The highest BCUT2D eigenvalue weighted by molar-refractivity contribution is 7.98. The van der Waals surface area contributed by atoms with E-state index in [1.165, 1.54) is 0 Å². The van der Waals surface area contributed by atoms with Crippen molar-refractivity contribution in [1.82, 2.24) is 15.0 Å². The molecule has 1 N–H and O–H groups in total. The van der Waals surface area contributed by atoms with Crippen molar-refractivity contribution in [2.75, 3.05) is 5.75 Å². The van der Waals surface area contributed by atoms with Crippen molar-refractivity contribution in [2.45, 2.75) is 12.7 Å². The van der Waals surface area contributed by atoms with Crippen LogP contribution in [0, 0.1) is 5.92 Å². The average Bonchev–Trinajstić information content (AvgIpc) is 2.51. The van der Waals surface area contributed by atoms with Crippen LogP contribution in [0.25, 0.3) is 0 Å². The quantitative estimate of drug-likeness (QED) is 0.785. The molecule has 1 heterocycles. The molecule has 0 radical (unpaired) electrons. The first-order valence-electron chi connectivity index (χ1n) is 4.25. The van der Waals surface area contributed by atoms with E-state index in [4.69, 9.17) is 5.11 Å². The summed E-state index contributed by atoms with van der Waals surface area (Å²) in [5.41, 5.74) is 0.884. The third kappa shape index (κ3) is 3.37. The highest BCUT2D eigenvalue weighted by Gasteiger charge is 2.10. The molecular weight excluding hydrogens is 202 g/mol. The van der Waals surface area contributed by atoms with E-state index in [0.29, 0.717) is 11.5 Å². The van der Waals surface area contributed by atoms with Crippen molar-refractivity contribution in [3.8, 4) is 0 Å². The van der Waals surface area contributed by atoms with E-state index in [1.54, 1.807) is 30.4 Å². The molecule has 0 aliphatic heterocycles. The van der Waals surface area contributed by atoms with E-state index in [9.17, 15) is 4.79 Å². The van der Waals surface area contributed by atoms with Crippen LogP contribution in [0.1, 0.15) is 12.6 Å². The number of aryl methyl sites for hydroxylation is 1. The van der Waals surface area contributed by atoms with Crippen LogP contribution in [0.3, 0.4) is 0 Å². The molecule has 0 aliphatic rings. The van der Waals surface area contributed by atoms with Gasteiger partial charge in [0.25, 0.3) is 0 Å². The summed E-state index contributed by atoms with van der Waals surface area (Å²) in [5, 5.41) is 16.3. The number of rotatable bonds is 5. The first kappa shape index (κ1) is 11.0. The van der Waals surface area contributed by atoms with Crippen molar-refractivity contribution < 1.29 is 9.90 Å². The summed E-state index contributed by atoms with van der Waals surface area (Å²) in [5.74, 6) is 0.255. The second-order valence-electron chi connectivity index (χ2n) is 3.14. The summed E-state index contributed by atoms with van der Waals surface area (Å²) in [6.07, 6.45) is 1.83. The van der Waals surface area contributed by atoms with Crippen LogP contribution in [0.2, 0.25) is 0 Å². The van der Waals surface area contributed by atoms with Crippen LogP contribution in [-0.2, 0) is 17.6 Å². The number of carbonyl (C=O) groups is 1. The van der Waals surface area contributed by atoms with Gasteiger partial charge >= 0.3 is 5.97 Å². The second kappa shape index (κ2) is 4.99. The molecule has 14 heavy (non-hydrogen) atoms. The van der Waals surface area contributed by atoms with E-state index in [0.717, 1.165) is 5.69 Å². The maximum Gasteiger partial charge on any atom is 0.307 e. The lowest BCUT2D eigenvalue weighted by Crippen LogP contribution is -2.11. The summed E-state index contributed by atoms with van der Waals surface area (Å²) in [4.78, 5) is 10.5. The van der Waals surface area contributed by atoms with Crippen LogP contribution in [-0.4, -0.2) is 31.8 Å². The fourth-order valence-corrected chi connectivity index (χ4v) is 1.83. The second-order valence-corrected chi connectivity index (χ2v) is 4.17. The van der Waals surface area contributed by atoms with E-state index < -0.39 is 5.97 Å². The Morgan fingerprint density at radius 1 is 1.79 bits per heavy atom. The first-order valence-corrected chi connectivity index (χ1v) is 5.41. The van der Waals surface area contributed by atoms with Gasteiger partial charge in [0.05, 0.1) is 11.6 Å². The van der Waals surface area contributed by atoms with Crippen LogP contribution in [0.15, 0.2) is 6.20 Å². The maximum atomic E-state index is 10.5. The molecule has 0 bridgehead atoms. The van der Waals surface area contributed by atoms with Crippen LogP contribution in [0.5, 0.6) is 0 Å². The molecule has 0 saturated carbocycles. The molecular formula is C8H13N3O2S. The van der Waals surface area contributed by atoms with Gasteiger partial charge in [-0.3, -0.25) is 9.48 Å². The van der Waals surface area contributed by atoms with E-state index in [-0.39, 0.29) is 5.92 Å². The largest absolute Gasteiger partial charge is 0.481 e. The smallest absolute Gasteiger partial charge is 0.307 e. The number of nitrogens with zero attached hydrogens (tertiary/aromatic N) is 3. The van der Waals surface area contributed by atoms with Crippen molar-refractivity contribution >= 4 is 17.7 Å². The number of hydrogen-bond acceptors (Lipinski definition) is 4. The van der Waals surface area contributed by atoms with Crippen molar-refractivity contribution in [3.63, 3.8) is 0 Å². The van der Waals surface area contributed by atoms with Gasteiger partial charge in [0.1, 0.15) is 0 Å². The summed E-state index contributed by atoms with van der Waals surface area (Å²) >= 11 is 1.56. The molecule has 0 spiro atoms. The van der Waals surface area contributed by atoms with Crippen molar-refractivity contribution in [3.05, 3.63) is 11.9 Å². The predicted octanol–water partition coefficient (Wildman–Crippen LogP) is 0.769. The Morgan fingerprint density at radius 2 is 2.50 bits per heavy atom. The van der Waals surface area contributed by atoms with E-state index >= 15 is 0 Å². The molecule has 1 unspecified atom stereocenters. The lowest BCUT2D eigenvalue weighted by Gasteiger charge is -2.03.